The highest BCUT2D eigenvalue weighted by atomic mass is 19.4. The molecule has 0 unspecified atom stereocenters. The third kappa shape index (κ3) is 6.61. The summed E-state index contributed by atoms with van der Waals surface area (Å²) < 4.78 is 39.5. The number of Topliss-reactive ketones (excluding diaryl/α,β-unsaturated/α-hetero) is 1. The van der Waals surface area contributed by atoms with Crippen molar-refractivity contribution in [1.29, 1.82) is 0 Å². The Labute approximate surface area is 257 Å². The Bertz CT molecular complexity index is 1850. The number of aromatic nitrogens is 5. The fraction of sp³-hybridized carbons (Fsp3) is 0.250. The summed E-state index contributed by atoms with van der Waals surface area (Å²) in [6, 6.07) is 13.8. The first kappa shape index (κ1) is 29.7. The number of carbonyl (C=O) groups is 1. The van der Waals surface area contributed by atoms with Gasteiger partial charge >= 0.3 is 6.18 Å². The minimum absolute atomic E-state index is 0.00109. The highest BCUT2D eigenvalue weighted by molar-refractivity contribution is 5.98. The average Bonchev–Trinajstić information content (AvgIpc) is 3.30. The minimum Gasteiger partial charge on any atom is -0.382 e. The summed E-state index contributed by atoms with van der Waals surface area (Å²) in [5.74, 6) is 0.695. The zero-order chi connectivity index (χ0) is 31.6. The van der Waals surface area contributed by atoms with Gasteiger partial charge in [0, 0.05) is 61.9 Å². The smallest absolute Gasteiger partial charge is 0.382 e. The molecule has 3 aromatic heterocycles. The van der Waals surface area contributed by atoms with Gasteiger partial charge in [-0.2, -0.15) is 18.2 Å². The minimum atomic E-state index is -4.53. The predicted molar refractivity (Wildman–Crippen MR) is 167 cm³/mol. The van der Waals surface area contributed by atoms with Crippen molar-refractivity contribution in [3.8, 4) is 0 Å². The number of hydrogen-bond donors (Lipinski definition) is 2. The van der Waals surface area contributed by atoms with Gasteiger partial charge in [0.1, 0.15) is 17.4 Å². The molecule has 0 bridgehead atoms. The van der Waals surface area contributed by atoms with Crippen molar-refractivity contribution in [2.45, 2.75) is 25.9 Å². The molecular weight excluding hydrogens is 583 g/mol. The molecule has 0 atom stereocenters. The van der Waals surface area contributed by atoms with E-state index in [1.54, 1.807) is 24.5 Å². The van der Waals surface area contributed by atoms with Crippen LogP contribution in [0.25, 0.3) is 11.0 Å². The second kappa shape index (κ2) is 12.3. The number of hydrogen-bond acceptors (Lipinski definition) is 10. The van der Waals surface area contributed by atoms with Crippen LogP contribution in [0.3, 0.4) is 0 Å². The molecule has 1 aliphatic heterocycles. The summed E-state index contributed by atoms with van der Waals surface area (Å²) in [6.45, 7) is 4.97. The number of ketones is 1. The number of fused-ring (bicyclic) bond motifs is 1. The van der Waals surface area contributed by atoms with E-state index >= 15 is 0 Å². The average molecular weight is 614 g/mol. The molecule has 1 fully saturated rings. The predicted octanol–water partition coefficient (Wildman–Crippen LogP) is 5.61. The van der Waals surface area contributed by atoms with Crippen LogP contribution in [0.5, 0.6) is 0 Å². The second-order valence-electron chi connectivity index (χ2n) is 10.8. The van der Waals surface area contributed by atoms with Crippen molar-refractivity contribution >= 4 is 45.8 Å². The molecule has 13 heteroatoms. The largest absolute Gasteiger partial charge is 0.416 e. The molecule has 2 aromatic carbocycles. The maximum atomic E-state index is 13.2. The van der Waals surface area contributed by atoms with Gasteiger partial charge in [0.2, 0.25) is 5.95 Å². The number of nitrogen functional groups attached to an aromatic ring is 1. The second-order valence-corrected chi connectivity index (χ2v) is 10.8. The number of aryl methyl sites for hydroxylation is 1. The lowest BCUT2D eigenvalue weighted by atomic mass is 9.99. The highest BCUT2D eigenvalue weighted by Gasteiger charge is 2.31. The Hall–Kier alpha value is -5.33. The van der Waals surface area contributed by atoms with Crippen LogP contribution in [0, 0.1) is 6.92 Å². The number of pyridine rings is 1. The van der Waals surface area contributed by atoms with Crippen LogP contribution in [-0.4, -0.2) is 56.9 Å². The first-order chi connectivity index (χ1) is 21.7. The molecule has 6 rings (SSSR count). The van der Waals surface area contributed by atoms with Gasteiger partial charge in [-0.25, -0.2) is 15.0 Å². The number of carbonyl (C=O) groups excluding carboxylic acids is 1. The lowest BCUT2D eigenvalue weighted by molar-refractivity contribution is -0.137. The first-order valence-electron chi connectivity index (χ1n) is 14.4. The van der Waals surface area contributed by atoms with E-state index in [2.05, 4.69) is 35.1 Å². The lowest BCUT2D eigenvalue weighted by Gasteiger charge is -2.24. The molecule has 0 amide bonds. The number of nitrogens with zero attached hydrogens (tertiary/aromatic N) is 7. The number of benzene rings is 2. The van der Waals surface area contributed by atoms with E-state index in [0.29, 0.717) is 40.6 Å². The number of alkyl halides is 3. The number of rotatable bonds is 7. The molecule has 4 heterocycles. The summed E-state index contributed by atoms with van der Waals surface area (Å²) in [5, 5.41) is 3.31. The van der Waals surface area contributed by atoms with Crippen molar-refractivity contribution < 1.29 is 18.0 Å². The Kier molecular flexibility index (Phi) is 8.16. The van der Waals surface area contributed by atoms with E-state index in [9.17, 15) is 18.0 Å². The van der Waals surface area contributed by atoms with Gasteiger partial charge in [0.15, 0.2) is 17.4 Å². The molecule has 1 aliphatic rings. The van der Waals surface area contributed by atoms with Crippen LogP contribution < -0.4 is 20.9 Å². The van der Waals surface area contributed by atoms with Crippen LogP contribution in [0.2, 0.25) is 0 Å². The van der Waals surface area contributed by atoms with Crippen LogP contribution in [-0.2, 0) is 12.6 Å². The molecule has 0 aliphatic carbocycles. The fourth-order valence-electron chi connectivity index (χ4n) is 5.32. The van der Waals surface area contributed by atoms with E-state index in [-0.39, 0.29) is 17.8 Å². The van der Waals surface area contributed by atoms with Crippen LogP contribution >= 0.6 is 0 Å². The molecule has 230 valence electrons. The Balaban J connectivity index is 1.24. The van der Waals surface area contributed by atoms with Crippen LogP contribution in [0.15, 0.2) is 73.3 Å². The fourth-order valence-corrected chi connectivity index (χ4v) is 5.32. The van der Waals surface area contributed by atoms with Crippen molar-refractivity contribution in [2.75, 3.05) is 47.0 Å². The van der Waals surface area contributed by atoms with Gasteiger partial charge in [-0.15, -0.1) is 0 Å². The van der Waals surface area contributed by atoms with Crippen molar-refractivity contribution in [1.82, 2.24) is 24.9 Å². The normalized spacial score (nSPS) is 14.0. The van der Waals surface area contributed by atoms with Gasteiger partial charge in [0.25, 0.3) is 0 Å². The van der Waals surface area contributed by atoms with E-state index in [1.165, 1.54) is 18.5 Å². The standard InChI is InChI=1S/C32H30F3N9O/c1-20-6-7-21(17-26(45)22-4-2-5-23(18-22)32(33,34)35)16-25(20)40-30-28-27(38-19-39-30)29(36)42-31(41-28)44-13-3-12-43(14-15-44)24-8-10-37-11-9-24/h2,4-11,16,18-19H,3,12-15,17H2,1H3,(H2,36,41,42)(H,38,39,40). The third-order valence-electron chi connectivity index (χ3n) is 7.74. The summed E-state index contributed by atoms with van der Waals surface area (Å²) in [6.07, 6.45) is 1.23. The van der Waals surface area contributed by atoms with Gasteiger partial charge in [-0.1, -0.05) is 24.3 Å². The van der Waals surface area contributed by atoms with E-state index < -0.39 is 17.5 Å². The van der Waals surface area contributed by atoms with E-state index in [1.807, 2.05) is 25.1 Å². The molecule has 0 spiro atoms. The maximum absolute atomic E-state index is 13.2. The number of nitrogens with two attached hydrogens (primary N) is 1. The molecule has 0 saturated carbocycles. The van der Waals surface area contributed by atoms with E-state index in [4.69, 9.17) is 10.7 Å². The molecule has 1 saturated heterocycles. The van der Waals surface area contributed by atoms with Crippen molar-refractivity contribution in [3.05, 3.63) is 95.6 Å². The summed E-state index contributed by atoms with van der Waals surface area (Å²) in [5.41, 5.74) is 9.61. The number of anilines is 5. The van der Waals surface area contributed by atoms with Crippen molar-refractivity contribution in [3.63, 3.8) is 0 Å². The molecule has 10 nitrogen and oxygen atoms in total. The summed E-state index contributed by atoms with van der Waals surface area (Å²) in [7, 11) is 0. The van der Waals surface area contributed by atoms with Crippen molar-refractivity contribution in [2.24, 2.45) is 0 Å². The molecule has 0 radical (unpaired) electrons. The lowest BCUT2D eigenvalue weighted by Crippen LogP contribution is -2.31. The Morgan fingerprint density at radius 2 is 1.71 bits per heavy atom. The first-order valence-corrected chi connectivity index (χ1v) is 14.4. The zero-order valence-electron chi connectivity index (χ0n) is 24.4. The van der Waals surface area contributed by atoms with Gasteiger partial charge in [-0.05, 0) is 54.8 Å². The van der Waals surface area contributed by atoms with Crippen LogP contribution in [0.4, 0.5) is 42.1 Å². The van der Waals surface area contributed by atoms with E-state index in [0.717, 1.165) is 49.4 Å². The summed E-state index contributed by atoms with van der Waals surface area (Å²) in [4.78, 5) is 39.6. The third-order valence-corrected chi connectivity index (χ3v) is 7.74. The molecular formula is C32H30F3N9O. The molecule has 3 N–H and O–H groups in total. The quantitative estimate of drug-likeness (QED) is 0.224. The molecule has 5 aromatic rings. The number of halogens is 3. The van der Waals surface area contributed by atoms with Crippen LogP contribution in [0.1, 0.15) is 33.5 Å². The Morgan fingerprint density at radius 3 is 2.51 bits per heavy atom. The topological polar surface area (TPSA) is 126 Å². The molecule has 45 heavy (non-hydrogen) atoms. The number of nitrogens with one attached hydrogen (secondary N) is 1. The highest BCUT2D eigenvalue weighted by Crippen LogP contribution is 2.31. The maximum Gasteiger partial charge on any atom is 0.416 e. The van der Waals surface area contributed by atoms with Gasteiger partial charge < -0.3 is 20.9 Å². The van der Waals surface area contributed by atoms with Gasteiger partial charge in [-0.3, -0.25) is 9.78 Å². The van der Waals surface area contributed by atoms with Gasteiger partial charge in [0.05, 0.1) is 5.56 Å². The zero-order valence-corrected chi connectivity index (χ0v) is 24.4. The SMILES string of the molecule is Cc1ccc(CC(=O)c2cccc(C(F)(F)F)c2)cc1Nc1ncnc2c(N)nc(N3CCCN(c4ccncc4)CC3)nc12. The monoisotopic (exact) mass is 613 g/mol. The Morgan fingerprint density at radius 1 is 0.933 bits per heavy atom. The summed E-state index contributed by atoms with van der Waals surface area (Å²) >= 11 is 0.